The van der Waals surface area contributed by atoms with E-state index in [9.17, 15) is 4.79 Å². The number of hydrogen-bond donors (Lipinski definition) is 0. The first-order valence-corrected chi connectivity index (χ1v) is 5.34. The average molecular weight is 183 g/mol. The number of nitrogens with zero attached hydrogens (tertiary/aromatic N) is 1. The number of likely N-dealkylation sites (tertiary alicyclic amines) is 1. The van der Waals surface area contributed by atoms with Crippen molar-refractivity contribution in [3.05, 3.63) is 0 Å². The van der Waals surface area contributed by atoms with E-state index in [0.717, 1.165) is 19.3 Å². The second kappa shape index (κ2) is 4.75. The molecule has 0 bridgehead atoms. The number of aldehydes is 1. The fourth-order valence-corrected chi connectivity index (χ4v) is 1.94. The molecule has 1 aliphatic rings. The van der Waals surface area contributed by atoms with Crippen molar-refractivity contribution in [3.63, 3.8) is 0 Å². The predicted molar refractivity (Wildman–Crippen MR) is 54.7 cm³/mol. The maximum Gasteiger partial charge on any atom is 0.124 e. The van der Waals surface area contributed by atoms with E-state index in [-0.39, 0.29) is 5.92 Å². The summed E-state index contributed by atoms with van der Waals surface area (Å²) in [5, 5.41) is 0. The van der Waals surface area contributed by atoms with Crippen LogP contribution in [0.15, 0.2) is 0 Å². The highest BCUT2D eigenvalue weighted by atomic mass is 16.1. The van der Waals surface area contributed by atoms with Crippen molar-refractivity contribution in [1.82, 2.24) is 4.90 Å². The number of carbonyl (C=O) groups excluding carboxylic acids is 1. The highest BCUT2D eigenvalue weighted by Gasteiger charge is 2.24. The molecule has 0 amide bonds. The largest absolute Gasteiger partial charge is 0.303 e. The third kappa shape index (κ3) is 2.80. The van der Waals surface area contributed by atoms with Crippen molar-refractivity contribution in [2.75, 3.05) is 13.1 Å². The molecule has 1 fully saturated rings. The highest BCUT2D eigenvalue weighted by molar-refractivity contribution is 5.53. The monoisotopic (exact) mass is 183 g/mol. The van der Waals surface area contributed by atoms with Gasteiger partial charge in [-0.05, 0) is 32.2 Å². The van der Waals surface area contributed by atoms with Crippen LogP contribution in [0.2, 0.25) is 0 Å². The summed E-state index contributed by atoms with van der Waals surface area (Å²) in [6.07, 6.45) is 3.39. The summed E-state index contributed by atoms with van der Waals surface area (Å²) in [7, 11) is 0. The van der Waals surface area contributed by atoms with E-state index in [1.807, 2.05) is 0 Å². The molecule has 0 saturated carbocycles. The third-order valence-corrected chi connectivity index (χ3v) is 3.22. The maximum absolute atomic E-state index is 10.7. The molecule has 0 N–H and O–H groups in total. The fraction of sp³-hybridized carbons (Fsp3) is 0.909. The van der Waals surface area contributed by atoms with Crippen LogP contribution in [0.1, 0.15) is 33.6 Å². The van der Waals surface area contributed by atoms with Crippen molar-refractivity contribution in [3.8, 4) is 0 Å². The molecule has 0 spiro atoms. The zero-order chi connectivity index (χ0) is 9.84. The van der Waals surface area contributed by atoms with Crippen LogP contribution in [0.5, 0.6) is 0 Å². The summed E-state index contributed by atoms with van der Waals surface area (Å²) >= 11 is 0. The van der Waals surface area contributed by atoms with Gasteiger partial charge in [-0.3, -0.25) is 4.90 Å². The van der Waals surface area contributed by atoms with Crippen LogP contribution < -0.4 is 0 Å². The van der Waals surface area contributed by atoms with Gasteiger partial charge in [-0.15, -0.1) is 0 Å². The summed E-state index contributed by atoms with van der Waals surface area (Å²) < 4.78 is 0. The van der Waals surface area contributed by atoms with E-state index in [0.29, 0.717) is 12.0 Å². The van der Waals surface area contributed by atoms with E-state index in [1.165, 1.54) is 13.0 Å². The van der Waals surface area contributed by atoms with Crippen LogP contribution in [0.3, 0.4) is 0 Å². The Morgan fingerprint density at radius 2 is 2.08 bits per heavy atom. The second-order valence-corrected chi connectivity index (χ2v) is 4.52. The molecule has 0 radical (unpaired) electrons. The summed E-state index contributed by atoms with van der Waals surface area (Å²) in [5.41, 5.74) is 0. The summed E-state index contributed by atoms with van der Waals surface area (Å²) in [4.78, 5) is 13.1. The van der Waals surface area contributed by atoms with Gasteiger partial charge in [0.05, 0.1) is 0 Å². The Balaban J connectivity index is 2.45. The van der Waals surface area contributed by atoms with Crippen molar-refractivity contribution in [1.29, 1.82) is 0 Å². The standard InChI is InChI=1S/C11H21NO/c1-9(2)10(3)12-6-4-5-11(7-12)8-13/h8-11H,4-7H2,1-3H3. The Morgan fingerprint density at radius 1 is 1.38 bits per heavy atom. The summed E-state index contributed by atoms with van der Waals surface area (Å²) in [6.45, 7) is 8.90. The maximum atomic E-state index is 10.7. The number of rotatable bonds is 3. The van der Waals surface area contributed by atoms with Gasteiger partial charge in [0.2, 0.25) is 0 Å². The van der Waals surface area contributed by atoms with Crippen LogP contribution in [0.25, 0.3) is 0 Å². The first-order valence-electron chi connectivity index (χ1n) is 5.34. The highest BCUT2D eigenvalue weighted by Crippen LogP contribution is 2.19. The lowest BCUT2D eigenvalue weighted by molar-refractivity contribution is -0.112. The van der Waals surface area contributed by atoms with Gasteiger partial charge < -0.3 is 4.79 Å². The van der Waals surface area contributed by atoms with Gasteiger partial charge in [0.25, 0.3) is 0 Å². The van der Waals surface area contributed by atoms with E-state index >= 15 is 0 Å². The van der Waals surface area contributed by atoms with Crippen LogP contribution >= 0.6 is 0 Å². The van der Waals surface area contributed by atoms with Crippen molar-refractivity contribution >= 4 is 6.29 Å². The first kappa shape index (κ1) is 10.7. The minimum Gasteiger partial charge on any atom is -0.303 e. The van der Waals surface area contributed by atoms with Gasteiger partial charge in [0.15, 0.2) is 0 Å². The zero-order valence-electron chi connectivity index (χ0n) is 8.99. The Kier molecular flexibility index (Phi) is 3.91. The predicted octanol–water partition coefficient (Wildman–Crippen LogP) is 1.94. The molecule has 0 aliphatic carbocycles. The molecule has 1 saturated heterocycles. The van der Waals surface area contributed by atoms with Crippen molar-refractivity contribution in [2.45, 2.75) is 39.7 Å². The first-order chi connectivity index (χ1) is 6.15. The van der Waals surface area contributed by atoms with Crippen molar-refractivity contribution < 1.29 is 4.79 Å². The van der Waals surface area contributed by atoms with Crippen LogP contribution in [0.4, 0.5) is 0 Å². The molecule has 2 nitrogen and oxygen atoms in total. The minimum atomic E-state index is 0.287. The summed E-state index contributed by atoms with van der Waals surface area (Å²) in [5.74, 6) is 0.973. The molecule has 76 valence electrons. The smallest absolute Gasteiger partial charge is 0.124 e. The molecule has 0 aromatic carbocycles. The number of piperidine rings is 1. The quantitative estimate of drug-likeness (QED) is 0.623. The SMILES string of the molecule is CC(C)C(C)N1CCCC(C=O)C1. The molecular weight excluding hydrogens is 162 g/mol. The molecule has 1 heterocycles. The molecular formula is C11H21NO. The van der Waals surface area contributed by atoms with Gasteiger partial charge in [-0.25, -0.2) is 0 Å². The van der Waals surface area contributed by atoms with Gasteiger partial charge in [0, 0.05) is 18.5 Å². The lowest BCUT2D eigenvalue weighted by Gasteiger charge is -2.36. The molecule has 1 rings (SSSR count). The lowest BCUT2D eigenvalue weighted by atomic mass is 9.95. The van der Waals surface area contributed by atoms with Gasteiger partial charge >= 0.3 is 0 Å². The van der Waals surface area contributed by atoms with Crippen LogP contribution in [-0.4, -0.2) is 30.3 Å². The topological polar surface area (TPSA) is 20.3 Å². The molecule has 13 heavy (non-hydrogen) atoms. The Bertz CT molecular complexity index is 167. The molecule has 2 unspecified atom stereocenters. The van der Waals surface area contributed by atoms with E-state index in [2.05, 4.69) is 25.7 Å². The molecule has 2 atom stereocenters. The molecule has 0 aromatic rings. The van der Waals surface area contributed by atoms with Crippen molar-refractivity contribution in [2.24, 2.45) is 11.8 Å². The third-order valence-electron chi connectivity index (χ3n) is 3.22. The van der Waals surface area contributed by atoms with Crippen LogP contribution in [-0.2, 0) is 4.79 Å². The normalized spacial score (nSPS) is 27.5. The van der Waals surface area contributed by atoms with E-state index < -0.39 is 0 Å². The van der Waals surface area contributed by atoms with Gasteiger partial charge in [-0.1, -0.05) is 13.8 Å². The second-order valence-electron chi connectivity index (χ2n) is 4.52. The Hall–Kier alpha value is -0.370. The van der Waals surface area contributed by atoms with Gasteiger partial charge in [-0.2, -0.15) is 0 Å². The fourth-order valence-electron chi connectivity index (χ4n) is 1.94. The molecule has 1 aliphatic heterocycles. The number of hydrogen-bond acceptors (Lipinski definition) is 2. The minimum absolute atomic E-state index is 0.287. The zero-order valence-corrected chi connectivity index (χ0v) is 8.99. The van der Waals surface area contributed by atoms with E-state index in [4.69, 9.17) is 0 Å². The summed E-state index contributed by atoms with van der Waals surface area (Å²) in [6, 6.07) is 0.614. The Labute approximate surface area is 81.3 Å². The van der Waals surface area contributed by atoms with E-state index in [1.54, 1.807) is 0 Å². The molecule has 2 heteroatoms. The molecule has 0 aromatic heterocycles. The average Bonchev–Trinajstić information content (AvgIpc) is 2.16. The van der Waals surface area contributed by atoms with Crippen LogP contribution in [0, 0.1) is 11.8 Å². The van der Waals surface area contributed by atoms with Gasteiger partial charge in [0.1, 0.15) is 6.29 Å². The Morgan fingerprint density at radius 3 is 2.62 bits per heavy atom. The lowest BCUT2D eigenvalue weighted by Crippen LogP contribution is -2.43. The number of carbonyl (C=O) groups is 1.